The molecule has 0 saturated carbocycles. The lowest BCUT2D eigenvalue weighted by Gasteiger charge is -2.18. The first kappa shape index (κ1) is 13.4. The molecule has 2 aliphatic heterocycles. The number of hydrogen-bond donors (Lipinski definition) is 1. The smallest absolute Gasteiger partial charge is 0.257 e. The number of likely N-dealkylation sites (tertiary alicyclic amines) is 1. The lowest BCUT2D eigenvalue weighted by molar-refractivity contribution is -0.125. The summed E-state index contributed by atoms with van der Waals surface area (Å²) in [4.78, 5) is 17.4. The second-order valence-electron chi connectivity index (χ2n) is 4.59. The first-order valence-electron chi connectivity index (χ1n) is 6.33. The fourth-order valence-corrected chi connectivity index (χ4v) is 2.24. The third-order valence-corrected chi connectivity index (χ3v) is 3.15. The van der Waals surface area contributed by atoms with Crippen molar-refractivity contribution in [3.05, 3.63) is 46.4 Å². The molecule has 0 atom stereocenters. The Morgan fingerprint density at radius 2 is 2.16 bits per heavy atom. The van der Waals surface area contributed by atoms with Crippen LogP contribution in [0.2, 0.25) is 0 Å². The van der Waals surface area contributed by atoms with Crippen molar-refractivity contribution in [2.75, 3.05) is 19.6 Å². The molecular weight excluding hydrogens is 242 g/mol. The molecule has 100 valence electrons. The van der Waals surface area contributed by atoms with Crippen molar-refractivity contribution in [3.63, 3.8) is 0 Å². The Labute approximate surface area is 112 Å². The van der Waals surface area contributed by atoms with Gasteiger partial charge in [0.15, 0.2) is 0 Å². The Morgan fingerprint density at radius 1 is 1.47 bits per heavy atom. The largest absolute Gasteiger partial charge is 0.465 e. The summed E-state index contributed by atoms with van der Waals surface area (Å²) in [6, 6.07) is 0. The number of amides is 1. The van der Waals surface area contributed by atoms with Crippen molar-refractivity contribution in [1.29, 1.82) is 0 Å². The SMILES string of the molecule is [C-]#[N+]/C(C(=O)N1CCCC1)=C1/C=C(C)OC(CN)=C1. The summed E-state index contributed by atoms with van der Waals surface area (Å²) in [7, 11) is 0. The highest BCUT2D eigenvalue weighted by Gasteiger charge is 2.24. The van der Waals surface area contributed by atoms with E-state index in [-0.39, 0.29) is 18.1 Å². The van der Waals surface area contributed by atoms with Gasteiger partial charge in [-0.25, -0.2) is 4.85 Å². The molecule has 19 heavy (non-hydrogen) atoms. The quantitative estimate of drug-likeness (QED) is 0.604. The Hall–Kier alpha value is -2.06. The Balaban J connectivity index is 2.35. The molecule has 0 bridgehead atoms. The van der Waals surface area contributed by atoms with E-state index in [2.05, 4.69) is 4.85 Å². The van der Waals surface area contributed by atoms with Gasteiger partial charge in [-0.2, -0.15) is 0 Å². The summed E-state index contributed by atoms with van der Waals surface area (Å²) in [5.41, 5.74) is 6.29. The van der Waals surface area contributed by atoms with E-state index in [1.54, 1.807) is 24.0 Å². The topological polar surface area (TPSA) is 59.9 Å². The summed E-state index contributed by atoms with van der Waals surface area (Å²) < 4.78 is 5.40. The van der Waals surface area contributed by atoms with Crippen LogP contribution >= 0.6 is 0 Å². The number of carbonyl (C=O) groups is 1. The van der Waals surface area contributed by atoms with Gasteiger partial charge in [0.05, 0.1) is 18.9 Å². The minimum Gasteiger partial charge on any atom is -0.465 e. The van der Waals surface area contributed by atoms with E-state index in [0.29, 0.717) is 17.1 Å². The monoisotopic (exact) mass is 259 g/mol. The summed E-state index contributed by atoms with van der Waals surface area (Å²) in [6.07, 6.45) is 5.40. The van der Waals surface area contributed by atoms with Gasteiger partial charge in [0, 0.05) is 13.1 Å². The van der Waals surface area contributed by atoms with Gasteiger partial charge in [-0.05, 0) is 37.5 Å². The highest BCUT2D eigenvalue weighted by atomic mass is 16.5. The Kier molecular flexibility index (Phi) is 4.03. The first-order valence-corrected chi connectivity index (χ1v) is 6.33. The fraction of sp³-hybridized carbons (Fsp3) is 0.429. The van der Waals surface area contributed by atoms with Crippen molar-refractivity contribution in [2.45, 2.75) is 19.8 Å². The van der Waals surface area contributed by atoms with Crippen molar-refractivity contribution >= 4 is 5.91 Å². The molecule has 0 aromatic rings. The molecule has 2 rings (SSSR count). The van der Waals surface area contributed by atoms with Crippen molar-refractivity contribution in [1.82, 2.24) is 4.90 Å². The van der Waals surface area contributed by atoms with Gasteiger partial charge in [-0.15, -0.1) is 0 Å². The average molecular weight is 259 g/mol. The van der Waals surface area contributed by atoms with E-state index in [4.69, 9.17) is 17.0 Å². The minimum absolute atomic E-state index is 0.149. The molecule has 1 amide bonds. The zero-order chi connectivity index (χ0) is 13.8. The van der Waals surface area contributed by atoms with Crippen LogP contribution in [-0.4, -0.2) is 30.4 Å². The van der Waals surface area contributed by atoms with Crippen molar-refractivity contribution in [3.8, 4) is 0 Å². The van der Waals surface area contributed by atoms with E-state index >= 15 is 0 Å². The molecule has 0 unspecified atom stereocenters. The van der Waals surface area contributed by atoms with Crippen LogP contribution < -0.4 is 5.73 Å². The molecule has 0 aromatic heterocycles. The Bertz CT molecular complexity index is 517. The van der Waals surface area contributed by atoms with Gasteiger partial charge in [0.2, 0.25) is 0 Å². The van der Waals surface area contributed by atoms with Gasteiger partial charge < -0.3 is 15.4 Å². The van der Waals surface area contributed by atoms with Crippen LogP contribution in [0, 0.1) is 6.57 Å². The molecule has 0 spiro atoms. The highest BCUT2D eigenvalue weighted by molar-refractivity contribution is 5.97. The molecule has 0 radical (unpaired) electrons. The zero-order valence-corrected chi connectivity index (χ0v) is 11.0. The summed E-state index contributed by atoms with van der Waals surface area (Å²) in [6.45, 7) is 10.8. The second kappa shape index (κ2) is 5.72. The molecule has 2 N–H and O–H groups in total. The minimum atomic E-state index is -0.193. The third kappa shape index (κ3) is 2.85. The lowest BCUT2D eigenvalue weighted by atomic mass is 10.1. The summed E-state index contributed by atoms with van der Waals surface area (Å²) in [5, 5.41) is 0. The molecule has 1 saturated heterocycles. The number of hydrogen-bond acceptors (Lipinski definition) is 3. The molecular formula is C14H17N3O2. The number of ether oxygens (including phenoxy) is 1. The number of nitrogens with zero attached hydrogens (tertiary/aromatic N) is 2. The van der Waals surface area contributed by atoms with Crippen LogP contribution in [0.3, 0.4) is 0 Å². The third-order valence-electron chi connectivity index (χ3n) is 3.15. The highest BCUT2D eigenvalue weighted by Crippen LogP contribution is 2.23. The van der Waals surface area contributed by atoms with Crippen molar-refractivity contribution < 1.29 is 9.53 Å². The van der Waals surface area contributed by atoms with Crippen LogP contribution in [-0.2, 0) is 9.53 Å². The maximum Gasteiger partial charge on any atom is 0.257 e. The molecule has 0 aliphatic carbocycles. The van der Waals surface area contributed by atoms with Crippen LogP contribution in [0.4, 0.5) is 0 Å². The average Bonchev–Trinajstić information content (AvgIpc) is 2.92. The van der Waals surface area contributed by atoms with Gasteiger partial charge in [0.1, 0.15) is 5.76 Å². The van der Waals surface area contributed by atoms with Gasteiger partial charge in [-0.3, -0.25) is 4.79 Å². The Morgan fingerprint density at radius 3 is 2.74 bits per heavy atom. The predicted molar refractivity (Wildman–Crippen MR) is 71.4 cm³/mol. The summed E-state index contributed by atoms with van der Waals surface area (Å²) >= 11 is 0. The lowest BCUT2D eigenvalue weighted by Crippen LogP contribution is -2.29. The summed E-state index contributed by atoms with van der Waals surface area (Å²) in [5.74, 6) is 1.03. The van der Waals surface area contributed by atoms with E-state index in [9.17, 15) is 4.79 Å². The molecule has 0 aromatic carbocycles. The standard InChI is InChI=1S/C14H17N3O2/c1-10-7-11(8-12(9-15)19-10)13(16-2)14(18)17-5-3-4-6-17/h7-8H,3-6,9,15H2,1H3/b13-11-. The van der Waals surface area contributed by atoms with Crippen LogP contribution in [0.1, 0.15) is 19.8 Å². The van der Waals surface area contributed by atoms with Crippen molar-refractivity contribution in [2.24, 2.45) is 5.73 Å². The van der Waals surface area contributed by atoms with E-state index in [1.165, 1.54) is 0 Å². The van der Waals surface area contributed by atoms with E-state index in [1.807, 2.05) is 0 Å². The molecule has 5 heteroatoms. The zero-order valence-electron chi connectivity index (χ0n) is 11.0. The van der Waals surface area contributed by atoms with Crippen LogP contribution in [0.5, 0.6) is 0 Å². The molecule has 2 heterocycles. The van der Waals surface area contributed by atoms with Gasteiger partial charge >= 0.3 is 0 Å². The van der Waals surface area contributed by atoms with Gasteiger partial charge in [-0.1, -0.05) is 0 Å². The first-order chi connectivity index (χ1) is 9.15. The molecule has 2 aliphatic rings. The van der Waals surface area contributed by atoms with Crippen LogP contribution in [0.25, 0.3) is 4.85 Å². The maximum absolute atomic E-state index is 12.3. The molecule has 5 nitrogen and oxygen atoms in total. The second-order valence-corrected chi connectivity index (χ2v) is 4.59. The molecule has 1 fully saturated rings. The fourth-order valence-electron chi connectivity index (χ4n) is 2.24. The predicted octanol–water partition coefficient (Wildman–Crippen LogP) is 1.56. The van der Waals surface area contributed by atoms with Gasteiger partial charge in [0.25, 0.3) is 11.6 Å². The number of carbonyl (C=O) groups excluding carboxylic acids is 1. The maximum atomic E-state index is 12.3. The van der Waals surface area contributed by atoms with E-state index in [0.717, 1.165) is 25.9 Å². The van der Waals surface area contributed by atoms with E-state index < -0.39 is 0 Å². The number of rotatable bonds is 2. The normalized spacial score (nSPS) is 21.2. The number of allylic oxidation sites excluding steroid dienone is 4. The van der Waals surface area contributed by atoms with Crippen LogP contribution in [0.15, 0.2) is 34.9 Å². The number of nitrogens with two attached hydrogens (primary N) is 1.